The van der Waals surface area contributed by atoms with Crippen molar-refractivity contribution in [3.8, 4) is 0 Å². The lowest BCUT2D eigenvalue weighted by atomic mass is 9.85. The molecular formula is C16H24N2. The average Bonchev–Trinajstić information content (AvgIpc) is 2.46. The van der Waals surface area contributed by atoms with Gasteiger partial charge in [-0.05, 0) is 50.3 Å². The monoisotopic (exact) mass is 244 g/mol. The van der Waals surface area contributed by atoms with Gasteiger partial charge in [0.05, 0.1) is 0 Å². The number of rotatable bonds is 3. The maximum Gasteiger partial charge on any atom is 0.0120 e. The predicted molar refractivity (Wildman–Crippen MR) is 75.7 cm³/mol. The van der Waals surface area contributed by atoms with Crippen molar-refractivity contribution in [1.29, 1.82) is 0 Å². The molecule has 1 aromatic carbocycles. The summed E-state index contributed by atoms with van der Waals surface area (Å²) in [5.41, 5.74) is 1.47. The smallest absolute Gasteiger partial charge is 0.0120 e. The van der Waals surface area contributed by atoms with Crippen molar-refractivity contribution in [1.82, 2.24) is 10.2 Å². The zero-order valence-corrected chi connectivity index (χ0v) is 11.1. The number of hydrogen-bond acceptors (Lipinski definition) is 2. The van der Waals surface area contributed by atoms with E-state index < -0.39 is 0 Å². The van der Waals surface area contributed by atoms with Crippen molar-refractivity contribution in [2.24, 2.45) is 5.92 Å². The SMILES string of the molecule is c1ccc(CCN2CC[C@H]3NCCC[C@H]3C2)cc1. The zero-order chi connectivity index (χ0) is 12.2. The first kappa shape index (κ1) is 12.2. The standard InChI is InChI=1S/C16H24N2/c1-2-5-14(6-3-1)8-11-18-12-9-16-15(13-18)7-4-10-17-16/h1-3,5-6,15-17H,4,7-13H2/t15-,16+/m0/s1. The molecule has 2 aliphatic heterocycles. The molecule has 18 heavy (non-hydrogen) atoms. The third-order valence-corrected chi connectivity index (χ3v) is 4.54. The summed E-state index contributed by atoms with van der Waals surface area (Å²) in [6.07, 6.45) is 5.35. The van der Waals surface area contributed by atoms with Crippen LogP contribution in [0.15, 0.2) is 30.3 Å². The summed E-state index contributed by atoms with van der Waals surface area (Å²) in [6.45, 7) is 5.06. The second-order valence-electron chi connectivity index (χ2n) is 5.79. The van der Waals surface area contributed by atoms with Crippen molar-refractivity contribution in [2.45, 2.75) is 31.7 Å². The molecule has 0 bridgehead atoms. The van der Waals surface area contributed by atoms with E-state index >= 15 is 0 Å². The van der Waals surface area contributed by atoms with Gasteiger partial charge in [-0.3, -0.25) is 0 Å². The third kappa shape index (κ3) is 2.93. The van der Waals surface area contributed by atoms with E-state index in [1.165, 1.54) is 57.4 Å². The van der Waals surface area contributed by atoms with Crippen LogP contribution in [0.1, 0.15) is 24.8 Å². The molecule has 0 aromatic heterocycles. The Morgan fingerprint density at radius 2 is 2.06 bits per heavy atom. The van der Waals surface area contributed by atoms with Gasteiger partial charge in [0, 0.05) is 19.1 Å². The Labute approximate surface area is 110 Å². The molecule has 0 aliphatic carbocycles. The van der Waals surface area contributed by atoms with E-state index in [2.05, 4.69) is 40.5 Å². The maximum atomic E-state index is 3.69. The van der Waals surface area contributed by atoms with E-state index in [-0.39, 0.29) is 0 Å². The van der Waals surface area contributed by atoms with Crippen LogP contribution in [-0.2, 0) is 6.42 Å². The fraction of sp³-hybridized carbons (Fsp3) is 0.625. The predicted octanol–water partition coefficient (Wildman–Crippen LogP) is 2.30. The third-order valence-electron chi connectivity index (χ3n) is 4.54. The Hall–Kier alpha value is -0.860. The van der Waals surface area contributed by atoms with Crippen LogP contribution < -0.4 is 5.32 Å². The van der Waals surface area contributed by atoms with Gasteiger partial charge in [0.15, 0.2) is 0 Å². The largest absolute Gasteiger partial charge is 0.314 e. The fourth-order valence-corrected chi connectivity index (χ4v) is 3.46. The molecule has 2 heteroatoms. The highest BCUT2D eigenvalue weighted by molar-refractivity contribution is 5.14. The zero-order valence-electron chi connectivity index (χ0n) is 11.1. The minimum Gasteiger partial charge on any atom is -0.314 e. The summed E-state index contributed by atoms with van der Waals surface area (Å²) in [7, 11) is 0. The first-order valence-electron chi connectivity index (χ1n) is 7.41. The van der Waals surface area contributed by atoms with E-state index in [1.807, 2.05) is 0 Å². The lowest BCUT2D eigenvalue weighted by Gasteiger charge is -2.41. The summed E-state index contributed by atoms with van der Waals surface area (Å²) in [6, 6.07) is 11.7. The number of nitrogens with one attached hydrogen (secondary N) is 1. The van der Waals surface area contributed by atoms with Gasteiger partial charge in [-0.25, -0.2) is 0 Å². The Balaban J connectivity index is 1.49. The Kier molecular flexibility index (Phi) is 3.96. The first-order valence-corrected chi connectivity index (χ1v) is 7.41. The molecule has 2 atom stereocenters. The van der Waals surface area contributed by atoms with E-state index in [0.29, 0.717) is 0 Å². The molecule has 98 valence electrons. The molecular weight excluding hydrogens is 220 g/mol. The van der Waals surface area contributed by atoms with Crippen LogP contribution in [-0.4, -0.2) is 37.1 Å². The van der Waals surface area contributed by atoms with E-state index in [0.717, 1.165) is 12.0 Å². The van der Waals surface area contributed by atoms with Crippen molar-refractivity contribution in [2.75, 3.05) is 26.2 Å². The second-order valence-corrected chi connectivity index (χ2v) is 5.79. The fourth-order valence-electron chi connectivity index (χ4n) is 3.46. The van der Waals surface area contributed by atoms with Crippen LogP contribution in [0.2, 0.25) is 0 Å². The van der Waals surface area contributed by atoms with Crippen LogP contribution >= 0.6 is 0 Å². The molecule has 2 nitrogen and oxygen atoms in total. The quantitative estimate of drug-likeness (QED) is 0.877. The summed E-state index contributed by atoms with van der Waals surface area (Å²) in [5.74, 6) is 0.906. The summed E-state index contributed by atoms with van der Waals surface area (Å²) >= 11 is 0. The molecule has 0 radical (unpaired) electrons. The van der Waals surface area contributed by atoms with Crippen molar-refractivity contribution < 1.29 is 0 Å². The highest BCUT2D eigenvalue weighted by atomic mass is 15.1. The first-order chi connectivity index (χ1) is 8.92. The minimum atomic E-state index is 0.812. The van der Waals surface area contributed by atoms with Gasteiger partial charge in [0.1, 0.15) is 0 Å². The molecule has 3 rings (SSSR count). The van der Waals surface area contributed by atoms with Crippen molar-refractivity contribution >= 4 is 0 Å². The van der Waals surface area contributed by atoms with Crippen LogP contribution in [0.3, 0.4) is 0 Å². The number of likely N-dealkylation sites (tertiary alicyclic amines) is 1. The minimum absolute atomic E-state index is 0.812. The molecule has 0 saturated carbocycles. The number of piperidine rings is 2. The van der Waals surface area contributed by atoms with Crippen molar-refractivity contribution in [3.63, 3.8) is 0 Å². The van der Waals surface area contributed by atoms with Crippen LogP contribution in [0.4, 0.5) is 0 Å². The number of fused-ring (bicyclic) bond motifs is 1. The molecule has 1 aromatic rings. The molecule has 2 aliphatic rings. The van der Waals surface area contributed by atoms with Gasteiger partial charge in [-0.1, -0.05) is 30.3 Å². The Morgan fingerprint density at radius 1 is 1.17 bits per heavy atom. The van der Waals surface area contributed by atoms with E-state index in [1.54, 1.807) is 0 Å². The highest BCUT2D eigenvalue weighted by Crippen LogP contribution is 2.24. The normalized spacial score (nSPS) is 28.9. The van der Waals surface area contributed by atoms with Gasteiger partial charge < -0.3 is 10.2 Å². The van der Waals surface area contributed by atoms with Crippen molar-refractivity contribution in [3.05, 3.63) is 35.9 Å². The lowest BCUT2D eigenvalue weighted by Crippen LogP contribution is -2.52. The van der Waals surface area contributed by atoms with Gasteiger partial charge in [0.25, 0.3) is 0 Å². The number of nitrogens with zero attached hydrogens (tertiary/aromatic N) is 1. The molecule has 2 heterocycles. The van der Waals surface area contributed by atoms with Gasteiger partial charge in [-0.15, -0.1) is 0 Å². The molecule has 0 spiro atoms. The highest BCUT2D eigenvalue weighted by Gasteiger charge is 2.30. The van der Waals surface area contributed by atoms with Gasteiger partial charge in [-0.2, -0.15) is 0 Å². The Morgan fingerprint density at radius 3 is 2.94 bits per heavy atom. The second kappa shape index (κ2) is 5.85. The molecule has 1 N–H and O–H groups in total. The van der Waals surface area contributed by atoms with Gasteiger partial charge >= 0.3 is 0 Å². The average molecular weight is 244 g/mol. The molecule has 0 amide bonds. The van der Waals surface area contributed by atoms with E-state index in [9.17, 15) is 0 Å². The van der Waals surface area contributed by atoms with Crippen LogP contribution in [0.5, 0.6) is 0 Å². The van der Waals surface area contributed by atoms with Crippen LogP contribution in [0, 0.1) is 5.92 Å². The number of benzene rings is 1. The summed E-state index contributed by atoms with van der Waals surface area (Å²) < 4.78 is 0. The molecule has 0 unspecified atom stereocenters. The van der Waals surface area contributed by atoms with Crippen LogP contribution in [0.25, 0.3) is 0 Å². The molecule has 2 saturated heterocycles. The lowest BCUT2D eigenvalue weighted by molar-refractivity contribution is 0.115. The van der Waals surface area contributed by atoms with Gasteiger partial charge in [0.2, 0.25) is 0 Å². The maximum absolute atomic E-state index is 3.69. The topological polar surface area (TPSA) is 15.3 Å². The Bertz CT molecular complexity index is 363. The molecule has 2 fully saturated rings. The summed E-state index contributed by atoms with van der Waals surface area (Å²) in [4.78, 5) is 2.67. The van der Waals surface area contributed by atoms with E-state index in [4.69, 9.17) is 0 Å². The number of hydrogen-bond donors (Lipinski definition) is 1. The summed E-state index contributed by atoms with van der Waals surface area (Å²) in [5, 5.41) is 3.69.